The molecule has 1 amide bonds. The fourth-order valence-electron chi connectivity index (χ4n) is 1.37. The van der Waals surface area contributed by atoms with E-state index in [0.717, 1.165) is 5.56 Å². The maximum Gasteiger partial charge on any atom is 0.411 e. The summed E-state index contributed by atoms with van der Waals surface area (Å²) in [6.45, 7) is 0.515. The lowest BCUT2D eigenvalue weighted by molar-refractivity contribution is -0.176. The average molecular weight is 310 g/mol. The van der Waals surface area contributed by atoms with Crippen LogP contribution in [0.25, 0.3) is 0 Å². The first-order chi connectivity index (χ1) is 9.28. The third kappa shape index (κ3) is 6.77. The van der Waals surface area contributed by atoms with Gasteiger partial charge in [-0.3, -0.25) is 4.79 Å². The summed E-state index contributed by atoms with van der Waals surface area (Å²) in [5, 5.41) is 2.02. The van der Waals surface area contributed by atoms with Crippen molar-refractivity contribution in [1.29, 1.82) is 0 Å². The largest absolute Gasteiger partial charge is 0.411 e. The summed E-state index contributed by atoms with van der Waals surface area (Å²) in [7, 11) is 0. The zero-order chi connectivity index (χ0) is 15.2. The third-order valence-corrected chi connectivity index (χ3v) is 2.58. The topological polar surface area (TPSA) is 38.3 Å². The Balaban J connectivity index is 2.38. The molecule has 1 atom stereocenters. The van der Waals surface area contributed by atoms with Gasteiger partial charge in [0.05, 0.1) is 6.61 Å². The lowest BCUT2D eigenvalue weighted by atomic mass is 10.1. The van der Waals surface area contributed by atoms with Gasteiger partial charge in [0.2, 0.25) is 5.91 Å². The van der Waals surface area contributed by atoms with Gasteiger partial charge in [0.15, 0.2) is 0 Å². The molecule has 0 heterocycles. The van der Waals surface area contributed by atoms with Crippen LogP contribution in [0.1, 0.15) is 18.1 Å². The number of rotatable bonds is 6. The van der Waals surface area contributed by atoms with Crippen molar-refractivity contribution in [3.05, 3.63) is 35.4 Å². The van der Waals surface area contributed by atoms with E-state index in [1.165, 1.54) is 0 Å². The molecule has 1 aromatic carbocycles. The number of benzene rings is 1. The van der Waals surface area contributed by atoms with Crippen LogP contribution in [0, 0.1) is 0 Å². The van der Waals surface area contributed by atoms with E-state index in [2.05, 4.69) is 10.1 Å². The minimum atomic E-state index is -4.32. The molecule has 0 aliphatic rings. The zero-order valence-electron chi connectivity index (χ0n) is 10.8. The van der Waals surface area contributed by atoms with Crippen molar-refractivity contribution in [3.63, 3.8) is 0 Å². The van der Waals surface area contributed by atoms with Gasteiger partial charge < -0.3 is 10.1 Å². The van der Waals surface area contributed by atoms with Gasteiger partial charge in [-0.25, -0.2) is 0 Å². The quantitative estimate of drug-likeness (QED) is 0.820. The normalized spacial score (nSPS) is 13.1. The Morgan fingerprint density at radius 1 is 1.30 bits per heavy atom. The van der Waals surface area contributed by atoms with Crippen molar-refractivity contribution in [1.82, 2.24) is 5.32 Å². The van der Waals surface area contributed by atoms with E-state index in [1.54, 1.807) is 31.2 Å². The second-order valence-corrected chi connectivity index (χ2v) is 4.91. The van der Waals surface area contributed by atoms with Crippen LogP contribution in [0.3, 0.4) is 0 Å². The molecular weight excluding hydrogens is 295 g/mol. The van der Waals surface area contributed by atoms with E-state index in [1.807, 2.05) is 0 Å². The summed E-state index contributed by atoms with van der Waals surface area (Å²) < 4.78 is 40.2. The van der Waals surface area contributed by atoms with E-state index in [0.29, 0.717) is 12.1 Å². The Morgan fingerprint density at radius 2 is 1.85 bits per heavy atom. The molecule has 3 nitrogen and oxygen atoms in total. The van der Waals surface area contributed by atoms with Gasteiger partial charge in [0.25, 0.3) is 0 Å². The van der Waals surface area contributed by atoms with Crippen molar-refractivity contribution in [2.45, 2.75) is 31.6 Å². The van der Waals surface area contributed by atoms with Gasteiger partial charge in [-0.2, -0.15) is 13.2 Å². The number of ether oxygens (including phenoxy) is 1. The lowest BCUT2D eigenvalue weighted by Gasteiger charge is -2.09. The zero-order valence-corrected chi connectivity index (χ0v) is 11.6. The average Bonchev–Trinajstić information content (AvgIpc) is 2.35. The predicted molar refractivity (Wildman–Crippen MR) is 69.3 cm³/mol. The molecule has 0 fully saturated rings. The second-order valence-electron chi connectivity index (χ2n) is 4.26. The summed E-state index contributed by atoms with van der Waals surface area (Å²) in [6, 6.07) is 6.74. The van der Waals surface area contributed by atoms with Crippen LogP contribution in [-0.2, 0) is 22.7 Å². The van der Waals surface area contributed by atoms with Crippen LogP contribution < -0.4 is 5.32 Å². The predicted octanol–water partition coefficient (Wildman–Crippen LogP) is 3.01. The van der Waals surface area contributed by atoms with Crippen LogP contribution >= 0.6 is 11.6 Å². The summed E-state index contributed by atoms with van der Waals surface area (Å²) >= 11 is 5.59. The molecular formula is C13H15ClF3NO2. The van der Waals surface area contributed by atoms with Gasteiger partial charge in [-0.15, -0.1) is 11.6 Å². The number of carbonyl (C=O) groups excluding carboxylic acids is 1. The number of hydrogen-bond donors (Lipinski definition) is 1. The van der Waals surface area contributed by atoms with Gasteiger partial charge in [0.1, 0.15) is 12.0 Å². The van der Waals surface area contributed by atoms with Crippen molar-refractivity contribution in [2.75, 3.05) is 6.61 Å². The molecule has 0 radical (unpaired) electrons. The molecule has 1 N–H and O–H groups in total. The summed E-state index contributed by atoms with van der Waals surface area (Å²) in [5.41, 5.74) is 1.46. The van der Waals surface area contributed by atoms with Crippen molar-refractivity contribution in [3.8, 4) is 0 Å². The monoisotopic (exact) mass is 309 g/mol. The maximum absolute atomic E-state index is 11.9. The molecule has 1 aromatic rings. The van der Waals surface area contributed by atoms with E-state index in [4.69, 9.17) is 11.6 Å². The summed E-state index contributed by atoms with van der Waals surface area (Å²) in [5.74, 6) is -0.274. The minimum absolute atomic E-state index is 0.106. The number of halogens is 4. The molecule has 0 spiro atoms. The molecule has 0 aliphatic carbocycles. The van der Waals surface area contributed by atoms with E-state index >= 15 is 0 Å². The van der Waals surface area contributed by atoms with E-state index < -0.39 is 18.2 Å². The summed E-state index contributed by atoms with van der Waals surface area (Å²) in [4.78, 5) is 11.2. The van der Waals surface area contributed by atoms with Crippen molar-refractivity contribution >= 4 is 17.5 Å². The van der Waals surface area contributed by atoms with Crippen LogP contribution in [0.4, 0.5) is 13.2 Å². The highest BCUT2D eigenvalue weighted by Crippen LogP contribution is 2.15. The first kappa shape index (κ1) is 16.8. The molecule has 0 aromatic heterocycles. The highest BCUT2D eigenvalue weighted by atomic mass is 35.5. The van der Waals surface area contributed by atoms with Gasteiger partial charge in [0, 0.05) is 6.54 Å². The highest BCUT2D eigenvalue weighted by Gasteiger charge is 2.27. The minimum Gasteiger partial charge on any atom is -0.367 e. The Hall–Kier alpha value is -1.27. The van der Waals surface area contributed by atoms with Gasteiger partial charge in [-0.05, 0) is 18.1 Å². The molecule has 0 saturated carbocycles. The molecule has 1 rings (SSSR count). The number of carbonyl (C=O) groups is 1. The first-order valence-electron chi connectivity index (χ1n) is 5.92. The number of alkyl halides is 4. The number of amides is 1. The first-order valence-corrected chi connectivity index (χ1v) is 6.35. The van der Waals surface area contributed by atoms with Gasteiger partial charge in [-0.1, -0.05) is 24.3 Å². The molecule has 112 valence electrons. The van der Waals surface area contributed by atoms with E-state index in [9.17, 15) is 18.0 Å². The molecule has 0 bridgehead atoms. The van der Waals surface area contributed by atoms with Crippen LogP contribution in [-0.4, -0.2) is 24.1 Å². The molecule has 7 heteroatoms. The Morgan fingerprint density at radius 3 is 2.35 bits per heavy atom. The molecule has 20 heavy (non-hydrogen) atoms. The van der Waals surface area contributed by atoms with Gasteiger partial charge >= 0.3 is 6.18 Å². The van der Waals surface area contributed by atoms with Crippen molar-refractivity contribution in [2.24, 2.45) is 0 Å². The van der Waals surface area contributed by atoms with Crippen LogP contribution in [0.2, 0.25) is 0 Å². The van der Waals surface area contributed by atoms with Crippen molar-refractivity contribution < 1.29 is 22.7 Å². The molecule has 1 unspecified atom stereocenters. The smallest absolute Gasteiger partial charge is 0.367 e. The molecule has 0 saturated heterocycles. The number of nitrogens with one attached hydrogen (secondary N) is 1. The third-order valence-electron chi connectivity index (χ3n) is 2.39. The van der Waals surface area contributed by atoms with Crippen LogP contribution in [0.5, 0.6) is 0 Å². The highest BCUT2D eigenvalue weighted by molar-refractivity contribution is 6.30. The second kappa shape index (κ2) is 7.50. The fourth-order valence-corrected chi connectivity index (χ4v) is 1.44. The SMILES string of the molecule is CC(Cl)C(=O)NCc1ccc(COCC(F)(F)F)cc1. The Labute approximate surface area is 120 Å². The fraction of sp³-hybridized carbons (Fsp3) is 0.462. The molecule has 0 aliphatic heterocycles. The summed E-state index contributed by atoms with van der Waals surface area (Å²) in [6.07, 6.45) is -4.32. The standard InChI is InChI=1S/C13H15ClF3NO2/c1-9(14)12(19)18-6-10-2-4-11(5-3-10)7-20-8-13(15,16)17/h2-5,9H,6-8H2,1H3,(H,18,19). The lowest BCUT2D eigenvalue weighted by Crippen LogP contribution is -2.28. The maximum atomic E-state index is 11.9. The van der Waals surface area contributed by atoms with E-state index in [-0.39, 0.29) is 12.5 Å². The number of hydrogen-bond acceptors (Lipinski definition) is 2. The van der Waals surface area contributed by atoms with Crippen LogP contribution in [0.15, 0.2) is 24.3 Å². The Kier molecular flexibility index (Phi) is 6.29. The Bertz CT molecular complexity index is 432.